The molecule has 0 aromatic carbocycles. The molecule has 0 bridgehead atoms. The number of hydrogen-bond acceptors (Lipinski definition) is 4. The third-order valence-corrected chi connectivity index (χ3v) is 4.36. The summed E-state index contributed by atoms with van der Waals surface area (Å²) in [5.41, 5.74) is 1.10. The summed E-state index contributed by atoms with van der Waals surface area (Å²) in [5.74, 6) is 1.70. The zero-order chi connectivity index (χ0) is 14.9. The topological polar surface area (TPSA) is 58.5 Å². The normalized spacial score (nSPS) is 15.2. The van der Waals surface area contributed by atoms with E-state index in [1.165, 1.54) is 17.8 Å². The highest BCUT2D eigenvalue weighted by Crippen LogP contribution is 2.28. The molecule has 5 nitrogen and oxygen atoms in total. The Morgan fingerprint density at radius 1 is 1.43 bits per heavy atom. The number of aliphatic imine (C=N–C) groups is 1. The summed E-state index contributed by atoms with van der Waals surface area (Å²) in [6, 6.07) is 0. The molecule has 2 N–H and O–H groups in total. The number of guanidine groups is 1. The SMILES string of the molecule is CN=C(NCCCOCC1CC1)NCCc1nc(C)cs1. The van der Waals surface area contributed by atoms with Gasteiger partial charge in [-0.25, -0.2) is 4.98 Å². The minimum Gasteiger partial charge on any atom is -0.381 e. The summed E-state index contributed by atoms with van der Waals surface area (Å²) in [6.45, 7) is 5.55. The Balaban J connectivity index is 1.49. The molecule has 0 aliphatic heterocycles. The monoisotopic (exact) mass is 310 g/mol. The van der Waals surface area contributed by atoms with Crippen LogP contribution >= 0.6 is 11.3 Å². The maximum atomic E-state index is 5.61. The Morgan fingerprint density at radius 2 is 2.24 bits per heavy atom. The third kappa shape index (κ3) is 6.91. The van der Waals surface area contributed by atoms with Crippen molar-refractivity contribution >= 4 is 17.3 Å². The Hall–Kier alpha value is -1.14. The first kappa shape index (κ1) is 16.2. The van der Waals surface area contributed by atoms with Crippen molar-refractivity contribution in [3.05, 3.63) is 16.1 Å². The van der Waals surface area contributed by atoms with Gasteiger partial charge in [-0.2, -0.15) is 0 Å². The van der Waals surface area contributed by atoms with Crippen molar-refractivity contribution in [1.82, 2.24) is 15.6 Å². The molecule has 0 spiro atoms. The van der Waals surface area contributed by atoms with Gasteiger partial charge in [-0.15, -0.1) is 11.3 Å². The van der Waals surface area contributed by atoms with Gasteiger partial charge < -0.3 is 15.4 Å². The van der Waals surface area contributed by atoms with Crippen LogP contribution in [0.5, 0.6) is 0 Å². The molecule has 6 heteroatoms. The molecule has 1 heterocycles. The summed E-state index contributed by atoms with van der Waals surface area (Å²) in [7, 11) is 1.80. The van der Waals surface area contributed by atoms with E-state index in [1.54, 1.807) is 18.4 Å². The van der Waals surface area contributed by atoms with E-state index in [0.29, 0.717) is 0 Å². The molecule has 0 saturated heterocycles. The number of aromatic nitrogens is 1. The Bertz CT molecular complexity index is 443. The van der Waals surface area contributed by atoms with Crippen LogP contribution < -0.4 is 10.6 Å². The van der Waals surface area contributed by atoms with Crippen LogP contribution in [0.2, 0.25) is 0 Å². The van der Waals surface area contributed by atoms with Crippen LogP contribution in [-0.2, 0) is 11.2 Å². The van der Waals surface area contributed by atoms with Crippen molar-refractivity contribution < 1.29 is 4.74 Å². The highest BCUT2D eigenvalue weighted by molar-refractivity contribution is 7.09. The Morgan fingerprint density at radius 3 is 2.90 bits per heavy atom. The summed E-state index contributed by atoms with van der Waals surface area (Å²) in [4.78, 5) is 8.67. The average molecular weight is 310 g/mol. The van der Waals surface area contributed by atoms with Crippen LogP contribution in [0.1, 0.15) is 30.0 Å². The summed E-state index contributed by atoms with van der Waals surface area (Å²) in [6.07, 6.45) is 4.66. The van der Waals surface area contributed by atoms with Gasteiger partial charge >= 0.3 is 0 Å². The molecular formula is C15H26N4OS. The van der Waals surface area contributed by atoms with E-state index in [4.69, 9.17) is 4.74 Å². The number of nitrogens with one attached hydrogen (secondary N) is 2. The number of hydrogen-bond donors (Lipinski definition) is 2. The van der Waals surface area contributed by atoms with E-state index in [0.717, 1.165) is 56.7 Å². The van der Waals surface area contributed by atoms with E-state index in [1.807, 2.05) is 6.92 Å². The lowest BCUT2D eigenvalue weighted by atomic mass is 10.4. The standard InChI is InChI=1S/C15H26N4OS/c1-12-11-21-14(19-12)6-8-18-15(16-2)17-7-3-9-20-10-13-4-5-13/h11,13H,3-10H2,1-2H3,(H2,16,17,18). The minimum absolute atomic E-state index is 0.832. The molecule has 1 saturated carbocycles. The van der Waals surface area contributed by atoms with Gasteiger partial charge in [0.2, 0.25) is 0 Å². The lowest BCUT2D eigenvalue weighted by molar-refractivity contribution is 0.123. The second-order valence-electron chi connectivity index (χ2n) is 5.43. The molecule has 0 radical (unpaired) electrons. The summed E-state index contributed by atoms with van der Waals surface area (Å²) >= 11 is 1.72. The highest BCUT2D eigenvalue weighted by Gasteiger charge is 2.20. The van der Waals surface area contributed by atoms with Crippen LogP contribution in [0.15, 0.2) is 10.4 Å². The fourth-order valence-electron chi connectivity index (χ4n) is 1.94. The van der Waals surface area contributed by atoms with Crippen molar-refractivity contribution in [2.75, 3.05) is 33.4 Å². The quantitative estimate of drug-likeness (QED) is 0.416. The van der Waals surface area contributed by atoms with Gasteiger partial charge in [0.15, 0.2) is 5.96 Å². The Kier molecular flexibility index (Phi) is 6.95. The predicted molar refractivity (Wildman–Crippen MR) is 88.1 cm³/mol. The molecule has 0 atom stereocenters. The average Bonchev–Trinajstić information content (AvgIpc) is 3.22. The summed E-state index contributed by atoms with van der Waals surface area (Å²) in [5, 5.41) is 9.88. The lowest BCUT2D eigenvalue weighted by Gasteiger charge is -2.11. The first-order valence-corrected chi connectivity index (χ1v) is 8.59. The van der Waals surface area contributed by atoms with E-state index in [9.17, 15) is 0 Å². The van der Waals surface area contributed by atoms with Crippen molar-refractivity contribution in [2.45, 2.75) is 32.6 Å². The van der Waals surface area contributed by atoms with Gasteiger partial charge in [0.05, 0.1) is 5.01 Å². The van der Waals surface area contributed by atoms with Crippen LogP contribution in [-0.4, -0.2) is 44.3 Å². The van der Waals surface area contributed by atoms with Crippen molar-refractivity contribution in [3.63, 3.8) is 0 Å². The number of aryl methyl sites for hydroxylation is 1. The van der Waals surface area contributed by atoms with Gasteiger partial charge in [-0.05, 0) is 32.1 Å². The smallest absolute Gasteiger partial charge is 0.190 e. The molecule has 1 fully saturated rings. The van der Waals surface area contributed by atoms with Gasteiger partial charge in [0, 0.05) is 50.8 Å². The fourth-order valence-corrected chi connectivity index (χ4v) is 2.72. The van der Waals surface area contributed by atoms with E-state index < -0.39 is 0 Å². The summed E-state index contributed by atoms with van der Waals surface area (Å²) < 4.78 is 5.61. The largest absolute Gasteiger partial charge is 0.381 e. The zero-order valence-corrected chi connectivity index (χ0v) is 13.8. The second-order valence-corrected chi connectivity index (χ2v) is 6.37. The van der Waals surface area contributed by atoms with Gasteiger partial charge in [-0.1, -0.05) is 0 Å². The maximum Gasteiger partial charge on any atom is 0.190 e. The van der Waals surface area contributed by atoms with Crippen LogP contribution in [0.4, 0.5) is 0 Å². The van der Waals surface area contributed by atoms with Crippen LogP contribution in [0, 0.1) is 12.8 Å². The predicted octanol–water partition coefficient (Wildman–Crippen LogP) is 1.98. The van der Waals surface area contributed by atoms with Crippen molar-refractivity contribution in [1.29, 1.82) is 0 Å². The molecule has 0 unspecified atom stereocenters. The van der Waals surface area contributed by atoms with Crippen molar-refractivity contribution in [3.8, 4) is 0 Å². The zero-order valence-electron chi connectivity index (χ0n) is 13.0. The number of rotatable bonds is 9. The van der Waals surface area contributed by atoms with E-state index in [-0.39, 0.29) is 0 Å². The molecular weight excluding hydrogens is 284 g/mol. The number of thiazole rings is 1. The van der Waals surface area contributed by atoms with Gasteiger partial charge in [-0.3, -0.25) is 4.99 Å². The molecule has 0 amide bonds. The van der Waals surface area contributed by atoms with E-state index >= 15 is 0 Å². The Labute approximate surface area is 131 Å². The fraction of sp³-hybridized carbons (Fsp3) is 0.733. The van der Waals surface area contributed by atoms with E-state index in [2.05, 4.69) is 26.0 Å². The lowest BCUT2D eigenvalue weighted by Crippen LogP contribution is -2.39. The molecule has 1 aliphatic carbocycles. The third-order valence-electron chi connectivity index (χ3n) is 3.33. The number of ether oxygens (including phenoxy) is 1. The second kappa shape index (κ2) is 9.00. The van der Waals surface area contributed by atoms with Gasteiger partial charge in [0.1, 0.15) is 0 Å². The first-order chi connectivity index (χ1) is 10.3. The molecule has 2 rings (SSSR count). The molecule has 1 aromatic heterocycles. The molecule has 1 aliphatic rings. The highest BCUT2D eigenvalue weighted by atomic mass is 32.1. The first-order valence-electron chi connectivity index (χ1n) is 7.71. The van der Waals surface area contributed by atoms with Gasteiger partial charge in [0.25, 0.3) is 0 Å². The maximum absolute atomic E-state index is 5.61. The van der Waals surface area contributed by atoms with Crippen molar-refractivity contribution in [2.24, 2.45) is 10.9 Å². The molecule has 1 aromatic rings. The molecule has 21 heavy (non-hydrogen) atoms. The van der Waals surface area contributed by atoms with Crippen LogP contribution in [0.25, 0.3) is 0 Å². The minimum atomic E-state index is 0.832. The molecule has 118 valence electrons. The number of nitrogens with zero attached hydrogens (tertiary/aromatic N) is 2. The van der Waals surface area contributed by atoms with Crippen LogP contribution in [0.3, 0.4) is 0 Å².